The molecule has 16 heavy (non-hydrogen) atoms. The fourth-order valence-corrected chi connectivity index (χ4v) is 1.04. The molecule has 0 aromatic heterocycles. The lowest BCUT2D eigenvalue weighted by Gasteiger charge is -2.19. The van der Waals surface area contributed by atoms with Crippen LogP contribution in [0.15, 0.2) is 0 Å². The van der Waals surface area contributed by atoms with Gasteiger partial charge in [-0.15, -0.1) is 0 Å². The lowest BCUT2D eigenvalue weighted by atomic mass is 10.4. The van der Waals surface area contributed by atoms with Gasteiger partial charge in [-0.3, -0.25) is 9.59 Å². The second-order valence-electron chi connectivity index (χ2n) is 2.99. The summed E-state index contributed by atoms with van der Waals surface area (Å²) in [5.74, 6) is -1.53. The smallest absolute Gasteiger partial charge is 0.312 e. The highest BCUT2D eigenvalue weighted by Crippen LogP contribution is 1.89. The number of nitrogens with zero attached hydrogens (tertiary/aromatic N) is 1. The van der Waals surface area contributed by atoms with Crippen LogP contribution in [0.4, 0.5) is 0 Å². The molecule has 0 bridgehead atoms. The fourth-order valence-electron chi connectivity index (χ4n) is 1.04. The van der Waals surface area contributed by atoms with Gasteiger partial charge in [0.05, 0.1) is 19.8 Å². The minimum Gasteiger partial charge on any atom is -0.395 e. The summed E-state index contributed by atoms with van der Waals surface area (Å²) >= 11 is 0. The van der Waals surface area contributed by atoms with E-state index < -0.39 is 11.8 Å². The van der Waals surface area contributed by atoms with Crippen molar-refractivity contribution in [3.8, 4) is 0 Å². The molecule has 0 saturated heterocycles. The van der Waals surface area contributed by atoms with Gasteiger partial charge in [-0.05, 0) is 0 Å². The summed E-state index contributed by atoms with van der Waals surface area (Å²) in [6, 6.07) is 0. The van der Waals surface area contributed by atoms with Crippen molar-refractivity contribution < 1.29 is 24.5 Å². The number of aliphatic hydroxyl groups excluding tert-OH is 2. The third-order valence-electron chi connectivity index (χ3n) is 1.81. The topological polar surface area (TPSA) is 99.1 Å². The van der Waals surface area contributed by atoms with Crippen molar-refractivity contribution in [1.82, 2.24) is 10.2 Å². The highest BCUT2D eigenvalue weighted by Gasteiger charge is 2.20. The summed E-state index contributed by atoms with van der Waals surface area (Å²) in [4.78, 5) is 23.8. The van der Waals surface area contributed by atoms with Crippen LogP contribution in [0.2, 0.25) is 0 Å². The number of nitrogens with one attached hydrogen (secondary N) is 1. The molecule has 7 heteroatoms. The molecule has 94 valence electrons. The zero-order chi connectivity index (χ0) is 12.4. The molecule has 3 N–H and O–H groups in total. The lowest BCUT2D eigenvalue weighted by molar-refractivity contribution is -0.146. The molecule has 0 aromatic rings. The summed E-state index contributed by atoms with van der Waals surface area (Å²) in [5.41, 5.74) is 0. The van der Waals surface area contributed by atoms with Gasteiger partial charge in [0.2, 0.25) is 0 Å². The molecule has 0 spiro atoms. The van der Waals surface area contributed by atoms with Gasteiger partial charge in [-0.25, -0.2) is 0 Å². The number of hydrogen-bond acceptors (Lipinski definition) is 5. The van der Waals surface area contributed by atoms with Crippen LogP contribution in [0.1, 0.15) is 0 Å². The summed E-state index contributed by atoms with van der Waals surface area (Å²) in [5, 5.41) is 19.7. The third-order valence-corrected chi connectivity index (χ3v) is 1.81. The maximum Gasteiger partial charge on any atom is 0.312 e. The molecule has 7 nitrogen and oxygen atoms in total. The van der Waals surface area contributed by atoms with Crippen molar-refractivity contribution in [3.63, 3.8) is 0 Å². The van der Waals surface area contributed by atoms with E-state index in [4.69, 9.17) is 14.9 Å². The highest BCUT2D eigenvalue weighted by molar-refractivity contribution is 6.35. The van der Waals surface area contributed by atoms with Crippen molar-refractivity contribution in [1.29, 1.82) is 0 Å². The average Bonchev–Trinajstić information content (AvgIpc) is 2.28. The first-order chi connectivity index (χ1) is 7.67. The molecule has 0 fully saturated rings. The molecule has 0 heterocycles. The van der Waals surface area contributed by atoms with Gasteiger partial charge in [-0.1, -0.05) is 0 Å². The maximum absolute atomic E-state index is 11.5. The minimum atomic E-state index is -0.765. The van der Waals surface area contributed by atoms with E-state index in [9.17, 15) is 9.59 Å². The summed E-state index contributed by atoms with van der Waals surface area (Å²) in [6.45, 7) is 0.106. The first-order valence-corrected chi connectivity index (χ1v) is 4.95. The Morgan fingerprint density at radius 1 is 1.25 bits per heavy atom. The Balaban J connectivity index is 4.09. The van der Waals surface area contributed by atoms with Crippen LogP contribution in [0, 0.1) is 0 Å². The quantitative estimate of drug-likeness (QED) is 0.336. The summed E-state index contributed by atoms with van der Waals surface area (Å²) in [6.07, 6.45) is 0. The van der Waals surface area contributed by atoms with E-state index >= 15 is 0 Å². The number of hydrogen-bond donors (Lipinski definition) is 3. The lowest BCUT2D eigenvalue weighted by Crippen LogP contribution is -2.45. The van der Waals surface area contributed by atoms with E-state index in [-0.39, 0.29) is 32.8 Å². The summed E-state index contributed by atoms with van der Waals surface area (Å²) < 4.78 is 4.71. The molecular weight excluding hydrogens is 216 g/mol. The maximum atomic E-state index is 11.5. The van der Waals surface area contributed by atoms with E-state index in [2.05, 4.69) is 5.32 Å². The molecule has 0 aliphatic carbocycles. The molecule has 0 unspecified atom stereocenters. The molecular formula is C9H18N2O5. The van der Waals surface area contributed by atoms with Crippen LogP contribution < -0.4 is 5.32 Å². The van der Waals surface area contributed by atoms with Crippen LogP contribution >= 0.6 is 0 Å². The minimum absolute atomic E-state index is 0.0249. The second-order valence-corrected chi connectivity index (χ2v) is 2.99. The standard InChI is InChI=1S/C9H18N2O5/c1-16-7-2-10-8(14)9(15)11(3-5-12)4-6-13/h12-13H,2-7H2,1H3,(H,10,14). The Morgan fingerprint density at radius 3 is 2.25 bits per heavy atom. The average molecular weight is 234 g/mol. The Hall–Kier alpha value is -1.18. The van der Waals surface area contributed by atoms with Crippen LogP contribution in [0.5, 0.6) is 0 Å². The number of carbonyl (C=O) groups excluding carboxylic acids is 2. The molecule has 0 aliphatic heterocycles. The van der Waals surface area contributed by atoms with E-state index in [1.165, 1.54) is 7.11 Å². The first-order valence-electron chi connectivity index (χ1n) is 4.95. The van der Waals surface area contributed by atoms with Gasteiger partial charge in [0, 0.05) is 26.7 Å². The largest absolute Gasteiger partial charge is 0.395 e. The highest BCUT2D eigenvalue weighted by atomic mass is 16.5. The van der Waals surface area contributed by atoms with Gasteiger partial charge in [0.1, 0.15) is 0 Å². The fraction of sp³-hybridized carbons (Fsp3) is 0.778. The molecule has 0 radical (unpaired) electrons. The number of ether oxygens (including phenoxy) is 1. The second kappa shape index (κ2) is 9.08. The molecule has 0 aromatic carbocycles. The Labute approximate surface area is 94.0 Å². The normalized spacial score (nSPS) is 9.94. The van der Waals surface area contributed by atoms with Crippen LogP contribution in [0.25, 0.3) is 0 Å². The SMILES string of the molecule is COCCNC(=O)C(=O)N(CCO)CCO. The van der Waals surface area contributed by atoms with E-state index in [0.29, 0.717) is 6.61 Å². The Bertz CT molecular complexity index is 216. The summed E-state index contributed by atoms with van der Waals surface area (Å²) in [7, 11) is 1.48. The van der Waals surface area contributed by atoms with Crippen molar-refractivity contribution in [2.24, 2.45) is 0 Å². The van der Waals surface area contributed by atoms with Gasteiger partial charge in [-0.2, -0.15) is 0 Å². The van der Waals surface area contributed by atoms with E-state index in [1.54, 1.807) is 0 Å². The molecule has 0 atom stereocenters. The van der Waals surface area contributed by atoms with Crippen LogP contribution in [0.3, 0.4) is 0 Å². The number of methoxy groups -OCH3 is 1. The monoisotopic (exact) mass is 234 g/mol. The Morgan fingerprint density at radius 2 is 1.81 bits per heavy atom. The number of carbonyl (C=O) groups is 2. The number of aliphatic hydroxyl groups is 2. The van der Waals surface area contributed by atoms with Crippen molar-refractivity contribution in [2.45, 2.75) is 0 Å². The van der Waals surface area contributed by atoms with Gasteiger partial charge >= 0.3 is 11.8 Å². The zero-order valence-electron chi connectivity index (χ0n) is 9.31. The molecule has 0 rings (SSSR count). The third kappa shape index (κ3) is 5.64. The van der Waals surface area contributed by atoms with Crippen molar-refractivity contribution in [3.05, 3.63) is 0 Å². The van der Waals surface area contributed by atoms with Gasteiger partial charge < -0.3 is 25.2 Å². The van der Waals surface area contributed by atoms with E-state index in [1.807, 2.05) is 0 Å². The first kappa shape index (κ1) is 14.8. The van der Waals surface area contributed by atoms with Crippen LogP contribution in [-0.2, 0) is 14.3 Å². The predicted octanol–water partition coefficient (Wildman–Crippen LogP) is -2.44. The van der Waals surface area contributed by atoms with Crippen LogP contribution in [-0.4, -0.2) is 73.5 Å². The predicted molar refractivity (Wildman–Crippen MR) is 55.6 cm³/mol. The van der Waals surface area contributed by atoms with Gasteiger partial charge in [0.25, 0.3) is 0 Å². The number of amides is 2. The van der Waals surface area contributed by atoms with Gasteiger partial charge in [0.15, 0.2) is 0 Å². The molecule has 2 amide bonds. The van der Waals surface area contributed by atoms with Crippen molar-refractivity contribution in [2.75, 3.05) is 46.6 Å². The number of rotatable bonds is 7. The molecule has 0 aliphatic rings. The van der Waals surface area contributed by atoms with E-state index in [0.717, 1.165) is 4.90 Å². The Kier molecular flexibility index (Phi) is 8.41. The zero-order valence-corrected chi connectivity index (χ0v) is 9.31. The molecule has 0 saturated carbocycles. The van der Waals surface area contributed by atoms with Crippen molar-refractivity contribution >= 4 is 11.8 Å².